The molecule has 0 aliphatic carbocycles. The van der Waals surface area contributed by atoms with Crippen molar-refractivity contribution in [2.45, 2.75) is 31.9 Å². The highest BCUT2D eigenvalue weighted by atomic mass is 16.3. The van der Waals surface area contributed by atoms with E-state index in [4.69, 9.17) is 0 Å². The summed E-state index contributed by atoms with van der Waals surface area (Å²) in [7, 11) is 0. The minimum absolute atomic E-state index is 0.154. The van der Waals surface area contributed by atoms with Gasteiger partial charge in [0, 0.05) is 18.6 Å². The second kappa shape index (κ2) is 3.32. The van der Waals surface area contributed by atoms with Crippen LogP contribution in [-0.4, -0.2) is 28.6 Å². The third kappa shape index (κ3) is 1.92. The average Bonchev–Trinajstić information content (AvgIpc) is 2.13. The van der Waals surface area contributed by atoms with Gasteiger partial charge in [-0.1, -0.05) is 30.3 Å². The molecule has 0 saturated carbocycles. The molecule has 0 amide bonds. The SMILES string of the molecule is CC(C)(C)N1CC(O)(c2ccccc2)C1. The van der Waals surface area contributed by atoms with Gasteiger partial charge >= 0.3 is 0 Å². The van der Waals surface area contributed by atoms with Gasteiger partial charge in [0.15, 0.2) is 0 Å². The lowest BCUT2D eigenvalue weighted by atomic mass is 9.83. The minimum atomic E-state index is -0.630. The Bertz CT molecular complexity index is 333. The van der Waals surface area contributed by atoms with Crippen LogP contribution in [0.2, 0.25) is 0 Å². The Balaban J connectivity index is 2.09. The molecule has 15 heavy (non-hydrogen) atoms. The topological polar surface area (TPSA) is 23.5 Å². The third-order valence-corrected chi connectivity index (χ3v) is 3.16. The number of β-amino-alcohol motifs (C(OH)–C–C–N with tert-alkyl or cyclic N) is 1. The summed E-state index contributed by atoms with van der Waals surface area (Å²) in [5, 5.41) is 10.4. The summed E-state index contributed by atoms with van der Waals surface area (Å²) in [6, 6.07) is 9.94. The smallest absolute Gasteiger partial charge is 0.115 e. The molecule has 1 N–H and O–H groups in total. The fourth-order valence-electron chi connectivity index (χ4n) is 1.99. The number of rotatable bonds is 1. The van der Waals surface area contributed by atoms with E-state index in [1.807, 2.05) is 30.3 Å². The number of hydrogen-bond donors (Lipinski definition) is 1. The van der Waals surface area contributed by atoms with Crippen molar-refractivity contribution < 1.29 is 5.11 Å². The molecule has 2 rings (SSSR count). The van der Waals surface area contributed by atoms with Crippen LogP contribution in [0.5, 0.6) is 0 Å². The Kier molecular flexibility index (Phi) is 2.36. The normalized spacial score (nSPS) is 21.1. The van der Waals surface area contributed by atoms with Crippen molar-refractivity contribution in [3.8, 4) is 0 Å². The maximum Gasteiger partial charge on any atom is 0.115 e. The largest absolute Gasteiger partial charge is 0.382 e. The van der Waals surface area contributed by atoms with Crippen LogP contribution in [0.1, 0.15) is 26.3 Å². The van der Waals surface area contributed by atoms with Crippen molar-refractivity contribution in [1.82, 2.24) is 4.90 Å². The van der Waals surface area contributed by atoms with Gasteiger partial charge in [0.1, 0.15) is 5.60 Å². The van der Waals surface area contributed by atoms with E-state index in [1.165, 1.54) is 0 Å². The summed E-state index contributed by atoms with van der Waals surface area (Å²) in [4.78, 5) is 2.29. The van der Waals surface area contributed by atoms with Crippen molar-refractivity contribution >= 4 is 0 Å². The molecule has 0 unspecified atom stereocenters. The van der Waals surface area contributed by atoms with E-state index < -0.39 is 5.60 Å². The zero-order chi connectivity index (χ0) is 11.1. The molecule has 1 aliphatic rings. The van der Waals surface area contributed by atoms with E-state index in [9.17, 15) is 5.11 Å². The molecule has 1 heterocycles. The molecule has 2 nitrogen and oxygen atoms in total. The van der Waals surface area contributed by atoms with Crippen LogP contribution >= 0.6 is 0 Å². The molecule has 1 aliphatic heterocycles. The van der Waals surface area contributed by atoms with Crippen LogP contribution in [0, 0.1) is 0 Å². The van der Waals surface area contributed by atoms with Crippen molar-refractivity contribution in [2.24, 2.45) is 0 Å². The molecule has 2 heteroatoms. The highest BCUT2D eigenvalue weighted by Gasteiger charge is 2.46. The van der Waals surface area contributed by atoms with Gasteiger partial charge in [0.2, 0.25) is 0 Å². The lowest BCUT2D eigenvalue weighted by Crippen LogP contribution is -2.64. The monoisotopic (exact) mass is 205 g/mol. The van der Waals surface area contributed by atoms with Gasteiger partial charge in [-0.15, -0.1) is 0 Å². The summed E-state index contributed by atoms with van der Waals surface area (Å²) in [5.41, 5.74) is 0.556. The fraction of sp³-hybridized carbons (Fsp3) is 0.538. The first-order valence-corrected chi connectivity index (χ1v) is 5.45. The average molecular weight is 205 g/mol. The van der Waals surface area contributed by atoms with Crippen LogP contribution in [0.4, 0.5) is 0 Å². The summed E-state index contributed by atoms with van der Waals surface area (Å²) >= 11 is 0. The summed E-state index contributed by atoms with van der Waals surface area (Å²) in [6.07, 6.45) is 0. The first kappa shape index (κ1) is 10.7. The zero-order valence-electron chi connectivity index (χ0n) is 9.70. The highest BCUT2D eigenvalue weighted by Crippen LogP contribution is 2.35. The van der Waals surface area contributed by atoms with E-state index >= 15 is 0 Å². The molecule has 0 aromatic heterocycles. The molecule has 0 bridgehead atoms. The van der Waals surface area contributed by atoms with Crippen LogP contribution < -0.4 is 0 Å². The van der Waals surface area contributed by atoms with Crippen molar-refractivity contribution in [1.29, 1.82) is 0 Å². The Morgan fingerprint density at radius 2 is 1.67 bits per heavy atom. The molecule has 1 aromatic rings. The van der Waals surface area contributed by atoms with Crippen LogP contribution in [-0.2, 0) is 5.60 Å². The van der Waals surface area contributed by atoms with Gasteiger partial charge in [-0.05, 0) is 26.3 Å². The van der Waals surface area contributed by atoms with E-state index in [-0.39, 0.29) is 5.54 Å². The predicted molar refractivity (Wildman–Crippen MR) is 61.7 cm³/mol. The molecule has 1 aromatic carbocycles. The Morgan fingerprint density at radius 1 is 1.13 bits per heavy atom. The molecule has 0 radical (unpaired) electrons. The lowest BCUT2D eigenvalue weighted by molar-refractivity contribution is -0.137. The molecule has 1 saturated heterocycles. The van der Waals surface area contributed by atoms with E-state index in [0.717, 1.165) is 18.7 Å². The van der Waals surface area contributed by atoms with Gasteiger partial charge in [-0.25, -0.2) is 0 Å². The Morgan fingerprint density at radius 3 is 2.13 bits per heavy atom. The summed E-state index contributed by atoms with van der Waals surface area (Å²) < 4.78 is 0. The maximum absolute atomic E-state index is 10.4. The van der Waals surface area contributed by atoms with Gasteiger partial charge in [0.25, 0.3) is 0 Å². The number of aliphatic hydroxyl groups is 1. The number of hydrogen-bond acceptors (Lipinski definition) is 2. The first-order chi connectivity index (χ1) is 6.92. The second-order valence-corrected chi connectivity index (χ2v) is 5.42. The fourth-order valence-corrected chi connectivity index (χ4v) is 1.99. The number of nitrogens with zero attached hydrogens (tertiary/aromatic N) is 1. The summed E-state index contributed by atoms with van der Waals surface area (Å²) in [5.74, 6) is 0. The van der Waals surface area contributed by atoms with Gasteiger partial charge in [-0.3, -0.25) is 4.90 Å². The maximum atomic E-state index is 10.4. The molecular weight excluding hydrogens is 186 g/mol. The Labute approximate surface area is 91.5 Å². The zero-order valence-corrected chi connectivity index (χ0v) is 9.70. The molecule has 82 valence electrons. The van der Waals surface area contributed by atoms with Gasteiger partial charge < -0.3 is 5.11 Å². The van der Waals surface area contributed by atoms with Crippen molar-refractivity contribution in [3.05, 3.63) is 35.9 Å². The first-order valence-electron chi connectivity index (χ1n) is 5.45. The molecular formula is C13H19NO. The van der Waals surface area contributed by atoms with Crippen LogP contribution in [0.3, 0.4) is 0 Å². The molecule has 1 fully saturated rings. The number of likely N-dealkylation sites (tertiary alicyclic amines) is 1. The van der Waals surface area contributed by atoms with Crippen molar-refractivity contribution in [3.63, 3.8) is 0 Å². The van der Waals surface area contributed by atoms with Crippen LogP contribution in [0.15, 0.2) is 30.3 Å². The van der Waals surface area contributed by atoms with Crippen LogP contribution in [0.25, 0.3) is 0 Å². The second-order valence-electron chi connectivity index (χ2n) is 5.42. The predicted octanol–water partition coefficient (Wildman–Crippen LogP) is 1.99. The van der Waals surface area contributed by atoms with E-state index in [2.05, 4.69) is 25.7 Å². The van der Waals surface area contributed by atoms with Gasteiger partial charge in [-0.2, -0.15) is 0 Å². The van der Waals surface area contributed by atoms with Crippen molar-refractivity contribution in [2.75, 3.05) is 13.1 Å². The third-order valence-electron chi connectivity index (χ3n) is 3.16. The number of benzene rings is 1. The standard InChI is InChI=1S/C13H19NO/c1-12(2,3)14-9-13(15,10-14)11-7-5-4-6-8-11/h4-8,15H,9-10H2,1-3H3. The van der Waals surface area contributed by atoms with E-state index in [0.29, 0.717) is 0 Å². The minimum Gasteiger partial charge on any atom is -0.382 e. The quantitative estimate of drug-likeness (QED) is 0.758. The lowest BCUT2D eigenvalue weighted by Gasteiger charge is -2.53. The Hall–Kier alpha value is -0.860. The van der Waals surface area contributed by atoms with Gasteiger partial charge in [0.05, 0.1) is 0 Å². The highest BCUT2D eigenvalue weighted by molar-refractivity contribution is 5.26. The molecule has 0 spiro atoms. The molecule has 0 atom stereocenters. The van der Waals surface area contributed by atoms with E-state index in [1.54, 1.807) is 0 Å². The summed E-state index contributed by atoms with van der Waals surface area (Å²) in [6.45, 7) is 8.01.